The summed E-state index contributed by atoms with van der Waals surface area (Å²) in [5.41, 5.74) is 8.54. The van der Waals surface area contributed by atoms with Gasteiger partial charge in [0.15, 0.2) is 0 Å². The zero-order chi connectivity index (χ0) is 12.3. The number of nitrogens with zero attached hydrogens (tertiary/aromatic N) is 1. The van der Waals surface area contributed by atoms with Crippen molar-refractivity contribution in [1.29, 1.82) is 0 Å². The smallest absolute Gasteiger partial charge is 0.237 e. The van der Waals surface area contributed by atoms with Crippen LogP contribution >= 0.6 is 0 Å². The zero-order valence-electron chi connectivity index (χ0n) is 10.3. The van der Waals surface area contributed by atoms with Gasteiger partial charge in [0.25, 0.3) is 0 Å². The van der Waals surface area contributed by atoms with Gasteiger partial charge in [-0.1, -0.05) is 6.08 Å². The fourth-order valence-electron chi connectivity index (χ4n) is 1.71. The molecule has 0 bridgehead atoms. The molecule has 1 aromatic heterocycles. The molecule has 4 heteroatoms. The lowest BCUT2D eigenvalue weighted by atomic mass is 10.1. The Kier molecular flexibility index (Phi) is 3.64. The molecule has 0 fully saturated rings. The summed E-state index contributed by atoms with van der Waals surface area (Å²) in [6.07, 6.45) is 3.02. The van der Waals surface area contributed by atoms with Crippen LogP contribution in [-0.2, 0) is 4.74 Å². The van der Waals surface area contributed by atoms with E-state index in [0.29, 0.717) is 18.2 Å². The van der Waals surface area contributed by atoms with Crippen LogP contribution in [0, 0.1) is 0 Å². The van der Waals surface area contributed by atoms with Crippen LogP contribution < -0.4 is 10.5 Å². The summed E-state index contributed by atoms with van der Waals surface area (Å²) in [5, 5.41) is 0. The minimum Gasteiger partial charge on any atom is -0.473 e. The van der Waals surface area contributed by atoms with Crippen LogP contribution in [0.4, 0.5) is 5.69 Å². The summed E-state index contributed by atoms with van der Waals surface area (Å²) in [5.74, 6) is 0.518. The monoisotopic (exact) mass is 234 g/mol. The summed E-state index contributed by atoms with van der Waals surface area (Å²) < 4.78 is 10.9. The first-order valence-electron chi connectivity index (χ1n) is 5.87. The molecular formula is C13H18N2O2. The number of ether oxygens (including phenoxy) is 2. The second-order valence-electron chi connectivity index (χ2n) is 4.31. The number of aromatic nitrogens is 1. The van der Waals surface area contributed by atoms with Gasteiger partial charge < -0.3 is 15.2 Å². The number of hydrogen-bond donors (Lipinski definition) is 1. The topological polar surface area (TPSA) is 57.4 Å². The molecule has 0 atom stereocenters. The summed E-state index contributed by atoms with van der Waals surface area (Å²) in [7, 11) is 0. The Morgan fingerprint density at radius 3 is 2.88 bits per heavy atom. The third kappa shape index (κ3) is 2.97. The van der Waals surface area contributed by atoms with Gasteiger partial charge in [-0.15, -0.1) is 0 Å². The number of nitrogen functional groups attached to an aromatic ring is 1. The van der Waals surface area contributed by atoms with E-state index in [1.165, 1.54) is 5.57 Å². The van der Waals surface area contributed by atoms with Crippen molar-refractivity contribution in [3.05, 3.63) is 23.9 Å². The normalized spacial score (nSPS) is 15.8. The van der Waals surface area contributed by atoms with E-state index in [4.69, 9.17) is 15.2 Å². The number of nitrogens with two attached hydrogens (primary N) is 1. The fraction of sp³-hybridized carbons (Fsp3) is 0.462. The van der Waals surface area contributed by atoms with Crippen molar-refractivity contribution >= 4 is 11.3 Å². The Morgan fingerprint density at radius 1 is 1.41 bits per heavy atom. The fourth-order valence-corrected chi connectivity index (χ4v) is 1.71. The molecule has 1 aromatic rings. The molecule has 2 heterocycles. The second kappa shape index (κ2) is 5.19. The quantitative estimate of drug-likeness (QED) is 0.871. The Morgan fingerprint density at radius 2 is 2.24 bits per heavy atom. The highest BCUT2D eigenvalue weighted by molar-refractivity contribution is 5.66. The Hall–Kier alpha value is -1.55. The molecule has 1 aliphatic rings. The molecule has 0 unspecified atom stereocenters. The van der Waals surface area contributed by atoms with E-state index in [2.05, 4.69) is 11.1 Å². The van der Waals surface area contributed by atoms with Gasteiger partial charge >= 0.3 is 0 Å². The van der Waals surface area contributed by atoms with Crippen LogP contribution in [0.2, 0.25) is 0 Å². The standard InChI is InChI=1S/C13H18N2O2/c1-9(2)17-13-11(14)3-4-12(15-13)10-5-7-16-8-6-10/h3-5,9H,6-8,14H2,1-2H3. The molecule has 0 radical (unpaired) electrons. The van der Waals surface area contributed by atoms with Gasteiger partial charge in [-0.3, -0.25) is 0 Å². The maximum absolute atomic E-state index is 5.84. The Balaban J connectivity index is 2.26. The molecule has 2 rings (SSSR count). The number of hydrogen-bond acceptors (Lipinski definition) is 4. The van der Waals surface area contributed by atoms with Crippen molar-refractivity contribution in [2.75, 3.05) is 18.9 Å². The molecule has 17 heavy (non-hydrogen) atoms. The maximum atomic E-state index is 5.84. The molecule has 0 saturated heterocycles. The van der Waals surface area contributed by atoms with Crippen LogP contribution in [0.25, 0.3) is 5.57 Å². The van der Waals surface area contributed by atoms with E-state index in [-0.39, 0.29) is 6.10 Å². The van der Waals surface area contributed by atoms with Gasteiger partial charge in [-0.2, -0.15) is 0 Å². The average Bonchev–Trinajstić information content (AvgIpc) is 2.32. The maximum Gasteiger partial charge on any atom is 0.237 e. The lowest BCUT2D eigenvalue weighted by Gasteiger charge is -2.16. The first-order chi connectivity index (χ1) is 8.16. The third-order valence-electron chi connectivity index (χ3n) is 2.53. The highest BCUT2D eigenvalue weighted by atomic mass is 16.5. The third-order valence-corrected chi connectivity index (χ3v) is 2.53. The molecule has 0 spiro atoms. The largest absolute Gasteiger partial charge is 0.473 e. The molecule has 2 N–H and O–H groups in total. The van der Waals surface area contributed by atoms with Crippen LogP contribution in [0.1, 0.15) is 26.0 Å². The van der Waals surface area contributed by atoms with E-state index < -0.39 is 0 Å². The van der Waals surface area contributed by atoms with Crippen LogP contribution in [0.5, 0.6) is 5.88 Å². The second-order valence-corrected chi connectivity index (χ2v) is 4.31. The van der Waals surface area contributed by atoms with Crippen LogP contribution in [0.15, 0.2) is 18.2 Å². The first kappa shape index (κ1) is 11.9. The molecule has 0 aliphatic carbocycles. The average molecular weight is 234 g/mol. The van der Waals surface area contributed by atoms with Crippen molar-refractivity contribution in [3.63, 3.8) is 0 Å². The lowest BCUT2D eigenvalue weighted by molar-refractivity contribution is 0.161. The first-order valence-corrected chi connectivity index (χ1v) is 5.87. The highest BCUT2D eigenvalue weighted by Crippen LogP contribution is 2.25. The van der Waals surface area contributed by atoms with Crippen molar-refractivity contribution in [1.82, 2.24) is 4.98 Å². The number of rotatable bonds is 3. The van der Waals surface area contributed by atoms with E-state index in [9.17, 15) is 0 Å². The van der Waals surface area contributed by atoms with E-state index in [1.807, 2.05) is 26.0 Å². The van der Waals surface area contributed by atoms with Crippen LogP contribution in [-0.4, -0.2) is 24.3 Å². The molecule has 0 amide bonds. The SMILES string of the molecule is CC(C)Oc1nc(C2=CCOCC2)ccc1N. The summed E-state index contributed by atoms with van der Waals surface area (Å²) >= 11 is 0. The van der Waals surface area contributed by atoms with Crippen molar-refractivity contribution in [3.8, 4) is 5.88 Å². The number of pyridine rings is 1. The van der Waals surface area contributed by atoms with Gasteiger partial charge in [-0.25, -0.2) is 4.98 Å². The summed E-state index contributed by atoms with van der Waals surface area (Å²) in [6, 6.07) is 3.77. The van der Waals surface area contributed by atoms with Crippen molar-refractivity contribution in [2.24, 2.45) is 0 Å². The zero-order valence-corrected chi connectivity index (χ0v) is 10.3. The molecule has 92 valence electrons. The predicted molar refractivity (Wildman–Crippen MR) is 67.8 cm³/mol. The Labute approximate surface area is 101 Å². The van der Waals surface area contributed by atoms with E-state index >= 15 is 0 Å². The van der Waals surface area contributed by atoms with Gasteiger partial charge in [0.1, 0.15) is 0 Å². The molecule has 0 aromatic carbocycles. The molecule has 4 nitrogen and oxygen atoms in total. The van der Waals surface area contributed by atoms with E-state index in [1.54, 1.807) is 0 Å². The predicted octanol–water partition coefficient (Wildman–Crippen LogP) is 2.25. The van der Waals surface area contributed by atoms with Crippen molar-refractivity contribution < 1.29 is 9.47 Å². The highest BCUT2D eigenvalue weighted by Gasteiger charge is 2.11. The van der Waals surface area contributed by atoms with Gasteiger partial charge in [-0.05, 0) is 38.0 Å². The summed E-state index contributed by atoms with van der Waals surface area (Å²) in [6.45, 7) is 5.32. The molecule has 1 aliphatic heterocycles. The minimum absolute atomic E-state index is 0.0729. The minimum atomic E-state index is 0.0729. The molecular weight excluding hydrogens is 216 g/mol. The van der Waals surface area contributed by atoms with Crippen molar-refractivity contribution in [2.45, 2.75) is 26.4 Å². The number of anilines is 1. The van der Waals surface area contributed by atoms with Gasteiger partial charge in [0, 0.05) is 0 Å². The van der Waals surface area contributed by atoms with Gasteiger partial charge in [0.2, 0.25) is 5.88 Å². The van der Waals surface area contributed by atoms with E-state index in [0.717, 1.165) is 18.7 Å². The van der Waals surface area contributed by atoms with Crippen LogP contribution in [0.3, 0.4) is 0 Å². The Bertz CT molecular complexity index is 427. The lowest BCUT2D eigenvalue weighted by Crippen LogP contribution is -2.11. The summed E-state index contributed by atoms with van der Waals surface area (Å²) in [4.78, 5) is 4.47. The van der Waals surface area contributed by atoms with Gasteiger partial charge in [0.05, 0.1) is 30.7 Å². The molecule has 0 saturated carbocycles.